The van der Waals surface area contributed by atoms with Crippen molar-refractivity contribution < 1.29 is 13.2 Å². The van der Waals surface area contributed by atoms with Crippen LogP contribution < -0.4 is 15.4 Å². The third-order valence-corrected chi connectivity index (χ3v) is 7.15. The van der Waals surface area contributed by atoms with E-state index in [1.165, 1.54) is 12.1 Å². The minimum atomic E-state index is -4.47. The molecule has 2 aromatic rings. The number of nitrogens with one attached hydrogen (secondary N) is 3. The Bertz CT molecular complexity index is 1120. The van der Waals surface area contributed by atoms with Crippen LogP contribution in [0.4, 0.5) is 13.2 Å². The number of rotatable bonds is 6. The van der Waals surface area contributed by atoms with Crippen molar-refractivity contribution in [1.29, 1.82) is 0 Å². The molecule has 0 spiro atoms. The number of alkyl halides is 3. The predicted octanol–water partition coefficient (Wildman–Crippen LogP) is 6.58. The maximum Gasteiger partial charge on any atom is 0.416 e. The summed E-state index contributed by atoms with van der Waals surface area (Å²) in [6.07, 6.45) is 2.78. The van der Waals surface area contributed by atoms with Crippen molar-refractivity contribution in [3.05, 3.63) is 89.1 Å². The standard InChI is InChI=1S/C27H31F3N4S/c1-17-10-4-5-11-19(17)18(2)31-25-16-24(21-13-7-9-15-23(21)34-35-3)32-26(33-25)20-12-6-8-14-22(20)27(28,29)30/h4-6,8,10-12,14,16,21,23,26,32,34H,2,7,9,13,15H2,1,3H3,(H,31,33). The molecular weight excluding hydrogens is 469 g/mol. The molecule has 2 aliphatic rings. The fourth-order valence-corrected chi connectivity index (χ4v) is 5.49. The minimum absolute atomic E-state index is 0.108. The number of halogens is 3. The number of benzene rings is 2. The summed E-state index contributed by atoms with van der Waals surface area (Å²) in [6.45, 7) is 6.18. The molecule has 4 nitrogen and oxygen atoms in total. The molecule has 1 aliphatic carbocycles. The monoisotopic (exact) mass is 500 g/mol. The molecule has 1 aliphatic heterocycles. The Morgan fingerprint density at radius 2 is 1.80 bits per heavy atom. The van der Waals surface area contributed by atoms with Gasteiger partial charge in [-0.05, 0) is 43.7 Å². The van der Waals surface area contributed by atoms with Crippen LogP contribution in [-0.4, -0.2) is 18.1 Å². The molecule has 2 aromatic carbocycles. The smallest absolute Gasteiger partial charge is 0.363 e. The lowest BCUT2D eigenvalue weighted by molar-refractivity contribution is -0.138. The molecule has 0 amide bonds. The van der Waals surface area contributed by atoms with Gasteiger partial charge in [0.2, 0.25) is 0 Å². The Balaban J connectivity index is 1.72. The number of aryl methyl sites for hydroxylation is 1. The first-order chi connectivity index (χ1) is 16.8. The summed E-state index contributed by atoms with van der Waals surface area (Å²) >= 11 is 1.58. The number of aliphatic imine (C=N–C) groups is 1. The molecule has 0 radical (unpaired) electrons. The highest BCUT2D eigenvalue weighted by atomic mass is 32.2. The zero-order valence-corrected chi connectivity index (χ0v) is 20.8. The lowest BCUT2D eigenvalue weighted by Gasteiger charge is -2.37. The zero-order valence-electron chi connectivity index (χ0n) is 20.0. The van der Waals surface area contributed by atoms with E-state index in [0.29, 0.717) is 11.5 Å². The molecule has 8 heteroatoms. The fourth-order valence-electron chi connectivity index (χ4n) is 4.91. The van der Waals surface area contributed by atoms with Crippen LogP contribution in [0.1, 0.15) is 54.1 Å². The van der Waals surface area contributed by atoms with Crippen LogP contribution in [0.2, 0.25) is 0 Å². The van der Waals surface area contributed by atoms with Gasteiger partial charge in [-0.1, -0.05) is 73.8 Å². The van der Waals surface area contributed by atoms with Gasteiger partial charge in [-0.2, -0.15) is 13.2 Å². The molecule has 4 rings (SSSR count). The van der Waals surface area contributed by atoms with E-state index in [9.17, 15) is 13.2 Å². The zero-order chi connectivity index (χ0) is 25.0. The van der Waals surface area contributed by atoms with E-state index in [1.54, 1.807) is 18.0 Å². The Labute approximate surface area is 209 Å². The number of amidine groups is 1. The van der Waals surface area contributed by atoms with Gasteiger partial charge >= 0.3 is 6.18 Å². The Morgan fingerprint density at radius 3 is 2.54 bits per heavy atom. The maximum atomic E-state index is 13.9. The van der Waals surface area contributed by atoms with E-state index in [-0.39, 0.29) is 17.5 Å². The lowest BCUT2D eigenvalue weighted by Crippen LogP contribution is -2.42. The molecule has 1 saturated carbocycles. The summed E-state index contributed by atoms with van der Waals surface area (Å²) in [5.41, 5.74) is 2.98. The molecule has 3 N–H and O–H groups in total. The van der Waals surface area contributed by atoms with Gasteiger partial charge in [-0.15, -0.1) is 0 Å². The molecule has 0 bridgehead atoms. The van der Waals surface area contributed by atoms with Crippen molar-refractivity contribution in [2.45, 2.75) is 51.0 Å². The van der Waals surface area contributed by atoms with Gasteiger partial charge in [0.05, 0.1) is 5.56 Å². The van der Waals surface area contributed by atoms with Crippen molar-refractivity contribution in [2.24, 2.45) is 10.9 Å². The molecule has 35 heavy (non-hydrogen) atoms. The van der Waals surface area contributed by atoms with E-state index in [2.05, 4.69) is 26.9 Å². The highest BCUT2D eigenvalue weighted by Gasteiger charge is 2.37. The SMILES string of the molecule is C=C(NC1=NC(c2ccccc2C(F)(F)F)NC(C2CCCCC2NSC)=C1)c1ccccc1C. The first kappa shape index (κ1) is 25.4. The van der Waals surface area contributed by atoms with E-state index < -0.39 is 17.9 Å². The molecule has 3 unspecified atom stereocenters. The van der Waals surface area contributed by atoms with Crippen LogP contribution >= 0.6 is 11.9 Å². The first-order valence-electron chi connectivity index (χ1n) is 11.8. The van der Waals surface area contributed by atoms with Gasteiger partial charge in [-0.25, -0.2) is 4.99 Å². The third-order valence-electron chi connectivity index (χ3n) is 6.61. The molecular formula is C27H31F3N4S. The van der Waals surface area contributed by atoms with Gasteiger partial charge in [0.1, 0.15) is 12.0 Å². The summed E-state index contributed by atoms with van der Waals surface area (Å²) < 4.78 is 45.1. The van der Waals surface area contributed by atoms with Gasteiger partial charge < -0.3 is 10.6 Å². The number of hydrogen-bond donors (Lipinski definition) is 3. The average Bonchev–Trinajstić information content (AvgIpc) is 2.84. The van der Waals surface area contributed by atoms with Crippen molar-refractivity contribution >= 4 is 23.5 Å². The van der Waals surface area contributed by atoms with Gasteiger partial charge in [0.15, 0.2) is 0 Å². The van der Waals surface area contributed by atoms with E-state index in [0.717, 1.165) is 48.6 Å². The van der Waals surface area contributed by atoms with Crippen LogP contribution in [-0.2, 0) is 6.18 Å². The van der Waals surface area contributed by atoms with Gasteiger partial charge in [0.25, 0.3) is 0 Å². The summed E-state index contributed by atoms with van der Waals surface area (Å²) in [7, 11) is 0. The fraction of sp³-hybridized carbons (Fsp3) is 0.370. The van der Waals surface area contributed by atoms with Crippen LogP contribution in [0.3, 0.4) is 0 Å². The summed E-state index contributed by atoms with van der Waals surface area (Å²) in [6, 6.07) is 13.7. The first-order valence-corrected chi connectivity index (χ1v) is 13.0. The quantitative estimate of drug-likeness (QED) is 0.392. The Morgan fingerprint density at radius 1 is 1.09 bits per heavy atom. The van der Waals surface area contributed by atoms with E-state index in [1.807, 2.05) is 43.5 Å². The predicted molar refractivity (Wildman–Crippen MR) is 139 cm³/mol. The van der Waals surface area contributed by atoms with E-state index in [4.69, 9.17) is 0 Å². The second kappa shape index (κ2) is 10.9. The normalized spacial score (nSPS) is 22.6. The molecule has 0 aromatic heterocycles. The summed E-state index contributed by atoms with van der Waals surface area (Å²) in [5.74, 6) is 0.651. The largest absolute Gasteiger partial charge is 0.416 e. The maximum absolute atomic E-state index is 13.9. The summed E-state index contributed by atoms with van der Waals surface area (Å²) in [4.78, 5) is 4.67. The van der Waals surface area contributed by atoms with Crippen LogP contribution in [0.5, 0.6) is 0 Å². The topological polar surface area (TPSA) is 48.5 Å². The Kier molecular flexibility index (Phi) is 7.91. The van der Waals surface area contributed by atoms with E-state index >= 15 is 0 Å². The van der Waals surface area contributed by atoms with Gasteiger partial charge in [-0.3, -0.25) is 4.72 Å². The molecule has 3 atom stereocenters. The number of hydrogen-bond acceptors (Lipinski definition) is 5. The summed E-state index contributed by atoms with van der Waals surface area (Å²) in [5, 5.41) is 6.63. The molecule has 0 saturated heterocycles. The average molecular weight is 501 g/mol. The third kappa shape index (κ3) is 5.93. The second-order valence-electron chi connectivity index (χ2n) is 8.98. The number of nitrogens with zero attached hydrogens (tertiary/aromatic N) is 1. The molecule has 1 heterocycles. The van der Waals surface area contributed by atoms with Crippen LogP contribution in [0.15, 0.2) is 71.9 Å². The van der Waals surface area contributed by atoms with Crippen LogP contribution in [0, 0.1) is 12.8 Å². The van der Waals surface area contributed by atoms with Crippen molar-refractivity contribution in [1.82, 2.24) is 15.4 Å². The highest BCUT2D eigenvalue weighted by molar-refractivity contribution is 7.96. The highest BCUT2D eigenvalue weighted by Crippen LogP contribution is 2.38. The second-order valence-corrected chi connectivity index (χ2v) is 9.63. The van der Waals surface area contributed by atoms with Crippen molar-refractivity contribution in [3.63, 3.8) is 0 Å². The van der Waals surface area contributed by atoms with Crippen molar-refractivity contribution in [2.75, 3.05) is 6.26 Å². The van der Waals surface area contributed by atoms with Crippen molar-refractivity contribution in [3.8, 4) is 0 Å². The Hall–Kier alpha value is -2.71. The molecule has 1 fully saturated rings. The lowest BCUT2D eigenvalue weighted by atomic mass is 9.82. The van der Waals surface area contributed by atoms with Crippen LogP contribution in [0.25, 0.3) is 5.70 Å². The minimum Gasteiger partial charge on any atom is -0.363 e. The molecule has 186 valence electrons. The van der Waals surface area contributed by atoms with Gasteiger partial charge in [0, 0.05) is 34.5 Å².